The van der Waals surface area contributed by atoms with Gasteiger partial charge in [0.1, 0.15) is 0 Å². The van der Waals surface area contributed by atoms with Crippen molar-refractivity contribution in [1.82, 2.24) is 5.32 Å². The number of aliphatic carboxylic acids is 1. The van der Waals surface area contributed by atoms with Crippen molar-refractivity contribution in [3.05, 3.63) is 0 Å². The second-order valence-electron chi connectivity index (χ2n) is 5.75. The highest BCUT2D eigenvalue weighted by Crippen LogP contribution is 2.25. The summed E-state index contributed by atoms with van der Waals surface area (Å²) in [4.78, 5) is 23.0. The molecule has 116 valence electrons. The molecule has 0 aliphatic carbocycles. The van der Waals surface area contributed by atoms with Crippen LogP contribution in [0, 0.1) is 5.92 Å². The Bertz CT molecular complexity index is 327. The molecule has 0 spiro atoms. The Hall–Kier alpha value is -0.750. The SMILES string of the molecule is CC(C)CCSCC(=O)NC1(CC(=O)O)CCOCC1. The molecule has 0 aromatic rings. The van der Waals surface area contributed by atoms with Crippen LogP contribution in [0.4, 0.5) is 0 Å². The highest BCUT2D eigenvalue weighted by atomic mass is 32.2. The molecule has 1 aliphatic rings. The Kier molecular flexibility index (Phi) is 7.37. The zero-order chi connectivity index (χ0) is 15.0. The third-order valence-corrected chi connectivity index (χ3v) is 4.41. The minimum absolute atomic E-state index is 0.0290. The number of amides is 1. The second kappa shape index (κ2) is 8.52. The predicted molar refractivity (Wildman–Crippen MR) is 80.0 cm³/mol. The van der Waals surface area contributed by atoms with Gasteiger partial charge in [0.2, 0.25) is 5.91 Å². The molecule has 0 aromatic carbocycles. The number of carboxylic acids is 1. The van der Waals surface area contributed by atoms with E-state index in [-0.39, 0.29) is 12.3 Å². The average Bonchev–Trinajstić information content (AvgIpc) is 2.34. The minimum atomic E-state index is -0.875. The molecule has 0 radical (unpaired) electrons. The first-order valence-corrected chi connectivity index (χ1v) is 8.27. The predicted octanol–water partition coefficient (Wildman–Crippen LogP) is 1.91. The summed E-state index contributed by atoms with van der Waals surface area (Å²) in [6.07, 6.45) is 2.20. The van der Waals surface area contributed by atoms with Crippen LogP contribution in [0.2, 0.25) is 0 Å². The number of rotatable bonds is 8. The standard InChI is InChI=1S/C14H25NO4S/c1-11(2)3-8-20-10-12(16)15-14(9-13(17)18)4-6-19-7-5-14/h11H,3-10H2,1-2H3,(H,15,16)(H,17,18). The number of ether oxygens (including phenoxy) is 1. The topological polar surface area (TPSA) is 75.6 Å². The maximum absolute atomic E-state index is 12.0. The van der Waals surface area contributed by atoms with Gasteiger partial charge in [-0.1, -0.05) is 13.8 Å². The fourth-order valence-corrected chi connectivity index (χ4v) is 3.25. The molecule has 0 atom stereocenters. The first-order chi connectivity index (χ1) is 9.43. The van der Waals surface area contributed by atoms with Crippen molar-refractivity contribution in [2.45, 2.75) is 45.1 Å². The Morgan fingerprint density at radius 3 is 2.55 bits per heavy atom. The van der Waals surface area contributed by atoms with Gasteiger partial charge >= 0.3 is 5.97 Å². The molecule has 1 amide bonds. The van der Waals surface area contributed by atoms with Crippen molar-refractivity contribution in [3.63, 3.8) is 0 Å². The van der Waals surface area contributed by atoms with Crippen LogP contribution >= 0.6 is 11.8 Å². The quantitative estimate of drug-likeness (QED) is 0.670. The lowest BCUT2D eigenvalue weighted by molar-refractivity contribution is -0.140. The molecule has 1 fully saturated rings. The van der Waals surface area contributed by atoms with Crippen LogP contribution in [-0.2, 0) is 14.3 Å². The lowest BCUT2D eigenvalue weighted by Crippen LogP contribution is -2.53. The van der Waals surface area contributed by atoms with E-state index in [0.717, 1.165) is 12.2 Å². The van der Waals surface area contributed by atoms with Gasteiger partial charge in [-0.3, -0.25) is 9.59 Å². The van der Waals surface area contributed by atoms with Crippen LogP contribution in [-0.4, -0.2) is 47.2 Å². The van der Waals surface area contributed by atoms with Gasteiger partial charge in [-0.15, -0.1) is 0 Å². The summed E-state index contributed by atoms with van der Waals surface area (Å²) in [5.41, 5.74) is -0.625. The van der Waals surface area contributed by atoms with Gasteiger partial charge < -0.3 is 15.2 Å². The molecular formula is C14H25NO4S. The molecule has 1 heterocycles. The van der Waals surface area contributed by atoms with Gasteiger partial charge in [0.25, 0.3) is 0 Å². The van der Waals surface area contributed by atoms with Gasteiger partial charge in [0, 0.05) is 13.2 Å². The third kappa shape index (κ3) is 6.61. The van der Waals surface area contributed by atoms with Crippen LogP contribution in [0.15, 0.2) is 0 Å². The molecule has 20 heavy (non-hydrogen) atoms. The maximum Gasteiger partial charge on any atom is 0.305 e. The van der Waals surface area contributed by atoms with E-state index in [0.29, 0.717) is 37.7 Å². The van der Waals surface area contributed by atoms with Crippen molar-refractivity contribution in [1.29, 1.82) is 0 Å². The van der Waals surface area contributed by atoms with E-state index in [1.54, 1.807) is 11.8 Å². The lowest BCUT2D eigenvalue weighted by Gasteiger charge is -2.36. The Morgan fingerprint density at radius 2 is 2.00 bits per heavy atom. The van der Waals surface area contributed by atoms with Gasteiger partial charge in [-0.05, 0) is 30.9 Å². The zero-order valence-corrected chi connectivity index (χ0v) is 13.1. The van der Waals surface area contributed by atoms with Crippen LogP contribution in [0.25, 0.3) is 0 Å². The van der Waals surface area contributed by atoms with E-state index in [1.807, 2.05) is 0 Å². The molecule has 0 bridgehead atoms. The molecule has 1 aliphatic heterocycles. The maximum atomic E-state index is 12.0. The van der Waals surface area contributed by atoms with E-state index >= 15 is 0 Å². The molecule has 1 saturated heterocycles. The second-order valence-corrected chi connectivity index (χ2v) is 6.85. The third-order valence-electron chi connectivity index (χ3n) is 3.42. The minimum Gasteiger partial charge on any atom is -0.481 e. The normalized spacial score (nSPS) is 17.9. The van der Waals surface area contributed by atoms with Gasteiger partial charge in [0.15, 0.2) is 0 Å². The largest absolute Gasteiger partial charge is 0.481 e. The summed E-state index contributed by atoms with van der Waals surface area (Å²) >= 11 is 1.61. The van der Waals surface area contributed by atoms with Crippen molar-refractivity contribution in [2.75, 3.05) is 24.7 Å². The first-order valence-electron chi connectivity index (χ1n) is 7.12. The fourth-order valence-electron chi connectivity index (χ4n) is 2.21. The van der Waals surface area contributed by atoms with Crippen LogP contribution in [0.5, 0.6) is 0 Å². The zero-order valence-electron chi connectivity index (χ0n) is 12.3. The van der Waals surface area contributed by atoms with Crippen LogP contribution in [0.1, 0.15) is 39.5 Å². The van der Waals surface area contributed by atoms with Crippen LogP contribution in [0.3, 0.4) is 0 Å². The molecule has 0 saturated carbocycles. The summed E-state index contributed by atoms with van der Waals surface area (Å²) in [6.45, 7) is 5.33. The Balaban J connectivity index is 2.40. The number of carboxylic acid groups (broad SMARTS) is 1. The Labute approximate surface area is 124 Å². The van der Waals surface area contributed by atoms with Crippen molar-refractivity contribution in [2.24, 2.45) is 5.92 Å². The summed E-state index contributed by atoms with van der Waals surface area (Å²) in [6, 6.07) is 0. The van der Waals surface area contributed by atoms with E-state index in [9.17, 15) is 9.59 Å². The smallest absolute Gasteiger partial charge is 0.305 e. The number of thioether (sulfide) groups is 1. The summed E-state index contributed by atoms with van der Waals surface area (Å²) in [7, 11) is 0. The van der Waals surface area contributed by atoms with E-state index in [1.165, 1.54) is 0 Å². The molecule has 6 heteroatoms. The molecular weight excluding hydrogens is 278 g/mol. The molecule has 5 nitrogen and oxygen atoms in total. The fraction of sp³-hybridized carbons (Fsp3) is 0.857. The van der Waals surface area contributed by atoms with Crippen LogP contribution < -0.4 is 5.32 Å². The van der Waals surface area contributed by atoms with Crippen molar-refractivity contribution in [3.8, 4) is 0 Å². The number of hydrogen-bond donors (Lipinski definition) is 2. The molecule has 0 unspecified atom stereocenters. The number of nitrogens with one attached hydrogen (secondary N) is 1. The summed E-state index contributed by atoms with van der Waals surface area (Å²) in [5, 5.41) is 12.0. The molecule has 0 aromatic heterocycles. The highest BCUT2D eigenvalue weighted by molar-refractivity contribution is 7.99. The van der Waals surface area contributed by atoms with Gasteiger partial charge in [-0.25, -0.2) is 0 Å². The average molecular weight is 303 g/mol. The number of hydrogen-bond acceptors (Lipinski definition) is 4. The van der Waals surface area contributed by atoms with E-state index in [4.69, 9.17) is 9.84 Å². The molecule has 2 N–H and O–H groups in total. The van der Waals surface area contributed by atoms with E-state index < -0.39 is 11.5 Å². The van der Waals surface area contributed by atoms with Crippen molar-refractivity contribution >= 4 is 23.6 Å². The summed E-state index contributed by atoms with van der Waals surface area (Å²) in [5.74, 6) is 1.05. The number of carbonyl (C=O) groups excluding carboxylic acids is 1. The first kappa shape index (κ1) is 17.3. The van der Waals surface area contributed by atoms with Gasteiger partial charge in [0.05, 0.1) is 17.7 Å². The number of carbonyl (C=O) groups is 2. The van der Waals surface area contributed by atoms with Gasteiger partial charge in [-0.2, -0.15) is 11.8 Å². The van der Waals surface area contributed by atoms with Crippen molar-refractivity contribution < 1.29 is 19.4 Å². The highest BCUT2D eigenvalue weighted by Gasteiger charge is 2.36. The summed E-state index contributed by atoms with van der Waals surface area (Å²) < 4.78 is 5.26. The van der Waals surface area contributed by atoms with E-state index in [2.05, 4.69) is 19.2 Å². The molecule has 1 rings (SSSR count). The Morgan fingerprint density at radius 1 is 1.35 bits per heavy atom. The monoisotopic (exact) mass is 303 g/mol. The lowest BCUT2D eigenvalue weighted by atomic mass is 9.86.